The van der Waals surface area contributed by atoms with E-state index in [1.54, 1.807) is 0 Å². The summed E-state index contributed by atoms with van der Waals surface area (Å²) in [6, 6.07) is 5.73. The second-order valence-corrected chi connectivity index (χ2v) is 5.82. The molecule has 1 heterocycles. The van der Waals surface area contributed by atoms with Crippen LogP contribution >= 0.6 is 11.3 Å². The van der Waals surface area contributed by atoms with E-state index in [9.17, 15) is 4.79 Å². The molecule has 0 aliphatic carbocycles. The third kappa shape index (κ3) is 3.92. The van der Waals surface area contributed by atoms with Crippen molar-refractivity contribution >= 4 is 32.6 Å². The van der Waals surface area contributed by atoms with Crippen molar-refractivity contribution in [1.29, 1.82) is 0 Å². The van der Waals surface area contributed by atoms with Gasteiger partial charge in [-0.05, 0) is 31.5 Å². The minimum atomic E-state index is -0.152. The van der Waals surface area contributed by atoms with Crippen LogP contribution in [0, 0.1) is 5.92 Å². The van der Waals surface area contributed by atoms with Gasteiger partial charge < -0.3 is 15.8 Å². The lowest BCUT2D eigenvalue weighted by Gasteiger charge is -2.11. The maximum Gasteiger partial charge on any atom is 0.230 e. The number of hydrogen-bond acceptors (Lipinski definition) is 5. The minimum absolute atomic E-state index is 0.0524. The summed E-state index contributed by atoms with van der Waals surface area (Å²) in [5.74, 6) is 0.613. The van der Waals surface area contributed by atoms with Crippen molar-refractivity contribution in [2.45, 2.75) is 26.7 Å². The number of rotatable bonds is 7. The van der Waals surface area contributed by atoms with Crippen LogP contribution in [0.1, 0.15) is 26.7 Å². The van der Waals surface area contributed by atoms with Crippen LogP contribution < -0.4 is 15.8 Å². The van der Waals surface area contributed by atoms with Gasteiger partial charge in [0, 0.05) is 6.54 Å². The monoisotopic (exact) mass is 307 g/mol. The maximum atomic E-state index is 12.1. The molecule has 0 aliphatic heterocycles. The highest BCUT2D eigenvalue weighted by molar-refractivity contribution is 7.22. The van der Waals surface area contributed by atoms with Crippen molar-refractivity contribution in [3.05, 3.63) is 18.2 Å². The van der Waals surface area contributed by atoms with E-state index in [4.69, 9.17) is 10.5 Å². The number of aromatic nitrogens is 1. The lowest BCUT2D eigenvalue weighted by molar-refractivity contribution is -0.119. The number of ether oxygens (including phenoxy) is 1. The van der Waals surface area contributed by atoms with E-state index in [0.717, 1.165) is 28.8 Å². The van der Waals surface area contributed by atoms with Crippen LogP contribution in [0.3, 0.4) is 0 Å². The average Bonchev–Trinajstić information content (AvgIpc) is 2.86. The number of nitrogens with one attached hydrogen (secondary N) is 1. The van der Waals surface area contributed by atoms with E-state index in [1.807, 2.05) is 32.0 Å². The molecule has 1 unspecified atom stereocenters. The highest BCUT2D eigenvalue weighted by atomic mass is 32.1. The molecular weight excluding hydrogens is 286 g/mol. The quantitative estimate of drug-likeness (QED) is 0.824. The molecule has 0 saturated heterocycles. The number of carbonyl (C=O) groups is 1. The van der Waals surface area contributed by atoms with Gasteiger partial charge in [0.2, 0.25) is 5.91 Å². The van der Waals surface area contributed by atoms with Crippen LogP contribution in [0.5, 0.6) is 5.75 Å². The van der Waals surface area contributed by atoms with Crippen LogP contribution in [-0.2, 0) is 4.79 Å². The van der Waals surface area contributed by atoms with Gasteiger partial charge in [-0.15, -0.1) is 0 Å². The third-order valence-corrected chi connectivity index (χ3v) is 4.13. The summed E-state index contributed by atoms with van der Waals surface area (Å²) in [6.45, 7) is 4.98. The summed E-state index contributed by atoms with van der Waals surface area (Å²) >= 11 is 1.45. The summed E-state index contributed by atoms with van der Waals surface area (Å²) in [5.41, 5.74) is 6.51. The lowest BCUT2D eigenvalue weighted by atomic mass is 10.0. The number of carbonyl (C=O) groups excluding carboxylic acids is 1. The summed E-state index contributed by atoms with van der Waals surface area (Å²) in [6.07, 6.45) is 1.73. The minimum Gasteiger partial charge on any atom is -0.494 e. The first-order valence-corrected chi connectivity index (χ1v) is 8.03. The molecule has 1 aromatic carbocycles. The van der Waals surface area contributed by atoms with Crippen molar-refractivity contribution in [3.63, 3.8) is 0 Å². The van der Waals surface area contributed by atoms with Gasteiger partial charge >= 0.3 is 0 Å². The van der Waals surface area contributed by atoms with E-state index in [2.05, 4.69) is 10.3 Å². The first kappa shape index (κ1) is 15.7. The molecular formula is C15H21N3O2S. The molecule has 114 valence electrons. The van der Waals surface area contributed by atoms with Gasteiger partial charge in [-0.2, -0.15) is 0 Å². The number of hydrogen-bond donors (Lipinski definition) is 2. The van der Waals surface area contributed by atoms with Crippen LogP contribution in [0.25, 0.3) is 10.2 Å². The largest absolute Gasteiger partial charge is 0.494 e. The Kier molecular flexibility index (Phi) is 5.52. The van der Waals surface area contributed by atoms with Gasteiger partial charge in [0.05, 0.1) is 22.7 Å². The maximum absolute atomic E-state index is 12.1. The predicted molar refractivity (Wildman–Crippen MR) is 86.9 cm³/mol. The molecule has 0 radical (unpaired) electrons. The molecule has 0 saturated carbocycles. The lowest BCUT2D eigenvalue weighted by Crippen LogP contribution is -2.29. The van der Waals surface area contributed by atoms with Crippen LogP contribution in [-0.4, -0.2) is 24.0 Å². The van der Waals surface area contributed by atoms with Gasteiger partial charge in [0.15, 0.2) is 5.13 Å². The van der Waals surface area contributed by atoms with Crippen molar-refractivity contribution in [2.24, 2.45) is 11.7 Å². The zero-order valence-electron chi connectivity index (χ0n) is 12.4. The Morgan fingerprint density at radius 1 is 1.48 bits per heavy atom. The Balaban J connectivity index is 2.13. The molecule has 21 heavy (non-hydrogen) atoms. The molecule has 0 fully saturated rings. The van der Waals surface area contributed by atoms with Gasteiger partial charge in [-0.3, -0.25) is 4.79 Å². The SMILES string of the molecule is CCCC(CN)C(=O)Nc1nc2ccc(OCC)cc2s1. The fourth-order valence-corrected chi connectivity index (χ4v) is 3.02. The van der Waals surface area contributed by atoms with Gasteiger partial charge in [-0.25, -0.2) is 4.98 Å². The van der Waals surface area contributed by atoms with Gasteiger partial charge in [-0.1, -0.05) is 24.7 Å². The van der Waals surface area contributed by atoms with Crippen LogP contribution in [0.2, 0.25) is 0 Å². The number of fused-ring (bicyclic) bond motifs is 1. The summed E-state index contributed by atoms with van der Waals surface area (Å²) in [5, 5.41) is 3.48. The average molecular weight is 307 g/mol. The summed E-state index contributed by atoms with van der Waals surface area (Å²) in [7, 11) is 0. The molecule has 1 amide bonds. The van der Waals surface area contributed by atoms with E-state index in [-0.39, 0.29) is 11.8 Å². The van der Waals surface area contributed by atoms with E-state index >= 15 is 0 Å². The molecule has 2 rings (SSSR count). The second-order valence-electron chi connectivity index (χ2n) is 4.79. The highest BCUT2D eigenvalue weighted by Gasteiger charge is 2.17. The van der Waals surface area contributed by atoms with Crippen molar-refractivity contribution < 1.29 is 9.53 Å². The smallest absolute Gasteiger partial charge is 0.230 e. The third-order valence-electron chi connectivity index (χ3n) is 3.19. The predicted octanol–water partition coefficient (Wildman–Crippen LogP) is 3.01. The normalized spacial score (nSPS) is 12.3. The van der Waals surface area contributed by atoms with Crippen molar-refractivity contribution in [1.82, 2.24) is 4.98 Å². The van der Waals surface area contributed by atoms with Crippen LogP contribution in [0.4, 0.5) is 5.13 Å². The Hall–Kier alpha value is -1.66. The standard InChI is InChI=1S/C15H21N3O2S/c1-3-5-10(9-16)14(19)18-15-17-12-7-6-11(20-4-2)8-13(12)21-15/h6-8,10H,3-5,9,16H2,1-2H3,(H,17,18,19). The Morgan fingerprint density at radius 3 is 2.95 bits per heavy atom. The fraction of sp³-hybridized carbons (Fsp3) is 0.467. The topological polar surface area (TPSA) is 77.2 Å². The first-order chi connectivity index (χ1) is 10.2. The fourth-order valence-electron chi connectivity index (χ4n) is 2.13. The Labute approximate surface area is 128 Å². The molecule has 1 atom stereocenters. The number of thiazole rings is 1. The van der Waals surface area contributed by atoms with E-state index in [0.29, 0.717) is 18.3 Å². The van der Waals surface area contributed by atoms with Gasteiger partial charge in [0.1, 0.15) is 5.75 Å². The zero-order chi connectivity index (χ0) is 15.2. The molecule has 0 spiro atoms. The molecule has 5 nitrogen and oxygen atoms in total. The zero-order valence-corrected chi connectivity index (χ0v) is 13.2. The number of benzene rings is 1. The molecule has 2 aromatic rings. The number of amides is 1. The Morgan fingerprint density at radius 2 is 2.29 bits per heavy atom. The molecule has 6 heteroatoms. The molecule has 1 aromatic heterocycles. The summed E-state index contributed by atoms with van der Waals surface area (Å²) < 4.78 is 6.46. The number of nitrogens with zero attached hydrogens (tertiary/aromatic N) is 1. The van der Waals surface area contributed by atoms with Crippen molar-refractivity contribution in [3.8, 4) is 5.75 Å². The Bertz CT molecular complexity index is 612. The molecule has 3 N–H and O–H groups in total. The molecule has 0 bridgehead atoms. The van der Waals surface area contributed by atoms with Crippen molar-refractivity contribution in [2.75, 3.05) is 18.5 Å². The number of nitrogens with two attached hydrogens (primary N) is 1. The second kappa shape index (κ2) is 7.38. The van der Waals surface area contributed by atoms with Crippen LogP contribution in [0.15, 0.2) is 18.2 Å². The van der Waals surface area contributed by atoms with Gasteiger partial charge in [0.25, 0.3) is 0 Å². The highest BCUT2D eigenvalue weighted by Crippen LogP contribution is 2.29. The first-order valence-electron chi connectivity index (χ1n) is 7.22. The van der Waals surface area contributed by atoms with E-state index in [1.165, 1.54) is 11.3 Å². The van der Waals surface area contributed by atoms with E-state index < -0.39 is 0 Å². The summed E-state index contributed by atoms with van der Waals surface area (Å²) in [4.78, 5) is 16.6. The number of anilines is 1. The molecule has 0 aliphatic rings.